The Morgan fingerprint density at radius 1 is 1.28 bits per heavy atom. The Bertz CT molecular complexity index is 896. The first-order valence-electron chi connectivity index (χ1n) is 8.67. The quantitative estimate of drug-likeness (QED) is 0.796. The minimum absolute atomic E-state index is 0.0793. The van der Waals surface area contributed by atoms with Gasteiger partial charge in [-0.3, -0.25) is 9.36 Å². The van der Waals surface area contributed by atoms with Crippen molar-refractivity contribution < 1.29 is 9.53 Å². The van der Waals surface area contributed by atoms with Gasteiger partial charge in [0.25, 0.3) is 5.91 Å². The molecule has 25 heavy (non-hydrogen) atoms. The molecule has 128 valence electrons. The van der Waals surface area contributed by atoms with E-state index in [1.54, 1.807) is 0 Å². The highest BCUT2D eigenvalue weighted by atomic mass is 16.5. The number of carbonyl (C=O) groups excluding carboxylic acids is 1. The summed E-state index contributed by atoms with van der Waals surface area (Å²) in [6.07, 6.45) is 2.23. The fraction of sp³-hybridized carbons (Fsp3) is 0.300. The van der Waals surface area contributed by atoms with Crippen LogP contribution in [-0.4, -0.2) is 34.7 Å². The smallest absolute Gasteiger partial charge is 0.251 e. The fourth-order valence-corrected chi connectivity index (χ4v) is 3.36. The molecule has 1 saturated heterocycles. The Kier molecular flexibility index (Phi) is 4.24. The maximum Gasteiger partial charge on any atom is 0.251 e. The van der Waals surface area contributed by atoms with Crippen LogP contribution in [0.2, 0.25) is 0 Å². The number of para-hydroxylation sites is 1. The molecule has 2 heterocycles. The van der Waals surface area contributed by atoms with Crippen LogP contribution in [0.1, 0.15) is 29.0 Å². The van der Waals surface area contributed by atoms with Gasteiger partial charge < -0.3 is 10.1 Å². The second-order valence-electron chi connectivity index (χ2n) is 6.38. The van der Waals surface area contributed by atoms with E-state index >= 15 is 0 Å². The summed E-state index contributed by atoms with van der Waals surface area (Å²) in [5.74, 6) is 0.822. The second-order valence-corrected chi connectivity index (χ2v) is 6.38. The lowest BCUT2D eigenvalue weighted by Gasteiger charge is -2.11. The highest BCUT2D eigenvalue weighted by Gasteiger charge is 2.17. The number of imidazole rings is 1. The van der Waals surface area contributed by atoms with Crippen LogP contribution in [-0.2, 0) is 4.74 Å². The van der Waals surface area contributed by atoms with Gasteiger partial charge in [0.05, 0.1) is 17.1 Å². The summed E-state index contributed by atoms with van der Waals surface area (Å²) in [6.45, 7) is 3.33. The first-order chi connectivity index (χ1) is 12.2. The van der Waals surface area contributed by atoms with Crippen molar-refractivity contribution in [1.29, 1.82) is 0 Å². The van der Waals surface area contributed by atoms with Crippen molar-refractivity contribution in [1.82, 2.24) is 14.9 Å². The summed E-state index contributed by atoms with van der Waals surface area (Å²) in [5, 5.41) is 2.96. The zero-order valence-electron chi connectivity index (χ0n) is 14.2. The summed E-state index contributed by atoms with van der Waals surface area (Å²) < 4.78 is 7.65. The van der Waals surface area contributed by atoms with E-state index in [-0.39, 0.29) is 12.0 Å². The van der Waals surface area contributed by atoms with E-state index in [1.807, 2.05) is 43.3 Å². The van der Waals surface area contributed by atoms with E-state index in [9.17, 15) is 4.79 Å². The standard InChI is InChI=1S/C20H21N3O2/c1-14-22-18-12-15(20(24)21-13-17-8-5-11-25-17)9-10-19(18)23(14)16-6-3-2-4-7-16/h2-4,6-7,9-10,12,17H,5,8,11,13H2,1H3,(H,21,24)/t17-/m1/s1. The zero-order valence-corrected chi connectivity index (χ0v) is 14.2. The molecule has 1 N–H and O–H groups in total. The predicted octanol–water partition coefficient (Wildman–Crippen LogP) is 3.24. The van der Waals surface area contributed by atoms with Crippen LogP contribution in [0.5, 0.6) is 0 Å². The van der Waals surface area contributed by atoms with Gasteiger partial charge in [-0.15, -0.1) is 0 Å². The number of nitrogens with zero attached hydrogens (tertiary/aromatic N) is 2. The number of aromatic nitrogens is 2. The van der Waals surface area contributed by atoms with E-state index in [0.717, 1.165) is 42.0 Å². The molecule has 0 radical (unpaired) electrons. The molecule has 1 amide bonds. The van der Waals surface area contributed by atoms with Crippen molar-refractivity contribution >= 4 is 16.9 Å². The van der Waals surface area contributed by atoms with Crippen LogP contribution >= 0.6 is 0 Å². The summed E-state index contributed by atoms with van der Waals surface area (Å²) in [5.41, 5.74) is 3.52. The molecule has 1 aromatic heterocycles. The number of rotatable bonds is 4. The Morgan fingerprint density at radius 3 is 2.88 bits per heavy atom. The Morgan fingerprint density at radius 2 is 2.12 bits per heavy atom. The molecule has 1 atom stereocenters. The van der Waals surface area contributed by atoms with E-state index in [1.165, 1.54) is 0 Å². The fourth-order valence-electron chi connectivity index (χ4n) is 3.36. The summed E-state index contributed by atoms with van der Waals surface area (Å²) in [7, 11) is 0. The lowest BCUT2D eigenvalue weighted by Crippen LogP contribution is -2.31. The molecule has 5 heteroatoms. The molecule has 4 rings (SSSR count). The Balaban J connectivity index is 1.59. The van der Waals surface area contributed by atoms with Gasteiger partial charge in [-0.2, -0.15) is 0 Å². The number of carbonyl (C=O) groups is 1. The van der Waals surface area contributed by atoms with Gasteiger partial charge in [0, 0.05) is 24.4 Å². The first-order valence-corrected chi connectivity index (χ1v) is 8.67. The summed E-state index contributed by atoms with van der Waals surface area (Å²) >= 11 is 0. The van der Waals surface area contributed by atoms with E-state index in [2.05, 4.69) is 27.0 Å². The molecule has 0 saturated carbocycles. The molecule has 3 aromatic rings. The first kappa shape index (κ1) is 15.8. The molecule has 2 aromatic carbocycles. The number of benzene rings is 2. The molecular weight excluding hydrogens is 314 g/mol. The van der Waals surface area contributed by atoms with E-state index < -0.39 is 0 Å². The van der Waals surface area contributed by atoms with Gasteiger partial charge in [-0.25, -0.2) is 4.98 Å². The van der Waals surface area contributed by atoms with E-state index in [0.29, 0.717) is 12.1 Å². The Labute approximate surface area is 146 Å². The van der Waals surface area contributed by atoms with Crippen LogP contribution in [0, 0.1) is 6.92 Å². The highest BCUT2D eigenvalue weighted by molar-refractivity contribution is 5.97. The lowest BCUT2D eigenvalue weighted by molar-refractivity contribution is 0.0858. The third-order valence-electron chi connectivity index (χ3n) is 4.61. The second kappa shape index (κ2) is 6.69. The Hall–Kier alpha value is -2.66. The monoisotopic (exact) mass is 335 g/mol. The van der Waals surface area contributed by atoms with Gasteiger partial charge in [-0.1, -0.05) is 18.2 Å². The molecule has 1 aliphatic heterocycles. The molecule has 0 bridgehead atoms. The van der Waals surface area contributed by atoms with Gasteiger partial charge in [0.15, 0.2) is 0 Å². The number of aryl methyl sites for hydroxylation is 1. The SMILES string of the molecule is Cc1nc2cc(C(=O)NC[C@H]3CCCO3)ccc2n1-c1ccccc1. The molecule has 0 unspecified atom stereocenters. The van der Waals surface area contributed by atoms with Crippen molar-refractivity contribution in [3.8, 4) is 5.69 Å². The van der Waals surface area contributed by atoms with Crippen LogP contribution < -0.4 is 5.32 Å². The molecular formula is C20H21N3O2. The van der Waals surface area contributed by atoms with Gasteiger partial charge in [-0.05, 0) is 50.1 Å². The number of amides is 1. The van der Waals surface area contributed by atoms with Gasteiger partial charge in [0.1, 0.15) is 5.82 Å². The number of hydrogen-bond donors (Lipinski definition) is 1. The van der Waals surface area contributed by atoms with Crippen molar-refractivity contribution in [3.63, 3.8) is 0 Å². The predicted molar refractivity (Wildman–Crippen MR) is 97.1 cm³/mol. The number of nitrogens with one attached hydrogen (secondary N) is 1. The summed E-state index contributed by atoms with van der Waals surface area (Å²) in [4.78, 5) is 17.0. The van der Waals surface area contributed by atoms with Crippen molar-refractivity contribution in [2.45, 2.75) is 25.9 Å². The van der Waals surface area contributed by atoms with Crippen LogP contribution in [0.15, 0.2) is 48.5 Å². The molecule has 5 nitrogen and oxygen atoms in total. The lowest BCUT2D eigenvalue weighted by atomic mass is 10.1. The van der Waals surface area contributed by atoms with E-state index in [4.69, 9.17) is 4.74 Å². The highest BCUT2D eigenvalue weighted by Crippen LogP contribution is 2.22. The average molecular weight is 335 g/mol. The zero-order chi connectivity index (χ0) is 17.2. The largest absolute Gasteiger partial charge is 0.376 e. The normalized spacial score (nSPS) is 17.1. The number of ether oxygens (including phenoxy) is 1. The third-order valence-corrected chi connectivity index (χ3v) is 4.61. The molecule has 1 fully saturated rings. The maximum absolute atomic E-state index is 12.4. The number of hydrogen-bond acceptors (Lipinski definition) is 3. The average Bonchev–Trinajstić information content (AvgIpc) is 3.26. The third kappa shape index (κ3) is 3.15. The van der Waals surface area contributed by atoms with Crippen molar-refractivity contribution in [2.75, 3.05) is 13.2 Å². The van der Waals surface area contributed by atoms with Crippen LogP contribution in [0.25, 0.3) is 16.7 Å². The topological polar surface area (TPSA) is 56.1 Å². The van der Waals surface area contributed by atoms with Crippen molar-refractivity contribution in [3.05, 3.63) is 59.9 Å². The van der Waals surface area contributed by atoms with Crippen LogP contribution in [0.3, 0.4) is 0 Å². The van der Waals surface area contributed by atoms with Crippen molar-refractivity contribution in [2.24, 2.45) is 0 Å². The van der Waals surface area contributed by atoms with Crippen LogP contribution in [0.4, 0.5) is 0 Å². The van der Waals surface area contributed by atoms with Gasteiger partial charge >= 0.3 is 0 Å². The number of fused-ring (bicyclic) bond motifs is 1. The molecule has 0 spiro atoms. The minimum atomic E-state index is -0.0793. The summed E-state index contributed by atoms with van der Waals surface area (Å²) in [6, 6.07) is 15.8. The minimum Gasteiger partial charge on any atom is -0.376 e. The molecule has 0 aliphatic carbocycles. The molecule has 1 aliphatic rings. The van der Waals surface area contributed by atoms with Gasteiger partial charge in [0.2, 0.25) is 0 Å². The maximum atomic E-state index is 12.4.